The maximum absolute atomic E-state index is 14.7. The number of halogens is 5. The number of phenols is 1. The number of phenolic OH excluding ortho intramolecular Hbond substituents is 1. The third-order valence-corrected chi connectivity index (χ3v) is 5.56. The summed E-state index contributed by atoms with van der Waals surface area (Å²) in [6.45, 7) is 1.73. The van der Waals surface area contributed by atoms with Crippen LogP contribution in [0.3, 0.4) is 0 Å². The number of aryl methyl sites for hydroxylation is 1. The Bertz CT molecular complexity index is 1290. The Morgan fingerprint density at radius 2 is 1.71 bits per heavy atom. The fraction of sp³-hybridized carbons (Fsp3) is 0.130. The minimum atomic E-state index is -1.53. The smallest absolute Gasteiger partial charge is 0.165 e. The summed E-state index contributed by atoms with van der Waals surface area (Å²) in [6.07, 6.45) is 2.68. The van der Waals surface area contributed by atoms with E-state index < -0.39 is 34.8 Å². The SMILES string of the molecule is Cc1cc(CC(c2ccc3cccnc3c2O)c2c(F)c(F)cc(F)c2F)ncc1Cl. The summed E-state index contributed by atoms with van der Waals surface area (Å²) >= 11 is 6.00. The third-order valence-electron chi connectivity index (χ3n) is 5.17. The Balaban J connectivity index is 1.96. The first-order valence-electron chi connectivity index (χ1n) is 9.28. The summed E-state index contributed by atoms with van der Waals surface area (Å²) in [5.41, 5.74) is 0.459. The molecular formula is C23H15ClF4N2O. The summed E-state index contributed by atoms with van der Waals surface area (Å²) in [5.74, 6) is -7.75. The van der Waals surface area contributed by atoms with Crippen LogP contribution in [0.1, 0.15) is 28.3 Å². The number of hydrogen-bond donors (Lipinski definition) is 1. The molecular weight excluding hydrogens is 432 g/mol. The summed E-state index contributed by atoms with van der Waals surface area (Å²) in [5, 5.41) is 11.8. The van der Waals surface area contributed by atoms with Crippen molar-refractivity contribution in [2.75, 3.05) is 0 Å². The van der Waals surface area contributed by atoms with E-state index in [2.05, 4.69) is 9.97 Å². The lowest BCUT2D eigenvalue weighted by molar-refractivity contribution is 0.426. The molecule has 0 radical (unpaired) electrons. The highest BCUT2D eigenvalue weighted by Gasteiger charge is 2.30. The maximum Gasteiger partial charge on any atom is 0.165 e. The molecule has 1 atom stereocenters. The van der Waals surface area contributed by atoms with Gasteiger partial charge in [0.15, 0.2) is 23.3 Å². The molecule has 4 aromatic rings. The van der Waals surface area contributed by atoms with Crippen LogP contribution >= 0.6 is 11.6 Å². The number of nitrogens with zero attached hydrogens (tertiary/aromatic N) is 2. The summed E-state index contributed by atoms with van der Waals surface area (Å²) in [7, 11) is 0. The normalized spacial score (nSPS) is 12.3. The van der Waals surface area contributed by atoms with Gasteiger partial charge in [0.05, 0.1) is 5.02 Å². The van der Waals surface area contributed by atoms with Gasteiger partial charge < -0.3 is 5.11 Å². The molecule has 1 unspecified atom stereocenters. The van der Waals surface area contributed by atoms with Crippen LogP contribution < -0.4 is 0 Å². The Morgan fingerprint density at radius 3 is 2.39 bits per heavy atom. The predicted octanol–water partition coefficient (Wildman–Crippen LogP) is 6.23. The van der Waals surface area contributed by atoms with Gasteiger partial charge in [-0.3, -0.25) is 9.97 Å². The molecule has 0 spiro atoms. The van der Waals surface area contributed by atoms with Gasteiger partial charge in [-0.25, -0.2) is 17.6 Å². The van der Waals surface area contributed by atoms with Crippen molar-refractivity contribution in [3.63, 3.8) is 0 Å². The average molecular weight is 447 g/mol. The van der Waals surface area contributed by atoms with E-state index >= 15 is 0 Å². The molecule has 0 aliphatic carbocycles. The van der Waals surface area contributed by atoms with E-state index in [-0.39, 0.29) is 29.3 Å². The van der Waals surface area contributed by atoms with E-state index in [1.54, 1.807) is 31.2 Å². The molecule has 0 saturated carbocycles. The van der Waals surface area contributed by atoms with Crippen molar-refractivity contribution in [2.45, 2.75) is 19.3 Å². The molecule has 3 nitrogen and oxygen atoms in total. The average Bonchev–Trinajstić information content (AvgIpc) is 2.75. The molecule has 2 aromatic heterocycles. The summed E-state index contributed by atoms with van der Waals surface area (Å²) < 4.78 is 57.5. The van der Waals surface area contributed by atoms with Crippen LogP contribution in [0.4, 0.5) is 17.6 Å². The lowest BCUT2D eigenvalue weighted by Crippen LogP contribution is -2.14. The predicted molar refractivity (Wildman–Crippen MR) is 109 cm³/mol. The van der Waals surface area contributed by atoms with Crippen molar-refractivity contribution in [1.29, 1.82) is 0 Å². The van der Waals surface area contributed by atoms with Gasteiger partial charge in [-0.1, -0.05) is 29.8 Å². The van der Waals surface area contributed by atoms with Crippen molar-refractivity contribution in [3.05, 3.63) is 99.5 Å². The molecule has 2 aromatic carbocycles. The Kier molecular flexibility index (Phi) is 5.54. The summed E-state index contributed by atoms with van der Waals surface area (Å²) in [6, 6.07) is 8.19. The van der Waals surface area contributed by atoms with Gasteiger partial charge in [-0.05, 0) is 24.6 Å². The fourth-order valence-electron chi connectivity index (χ4n) is 3.61. The standard InChI is InChI=1S/C23H15ClF4N2O/c1-11-7-13(30-10-16(11)24)8-15(19-20(27)17(25)9-18(26)21(19)28)14-5-4-12-3-2-6-29-22(12)23(14)31/h2-7,9-10,15,31H,8H2,1H3. The zero-order chi connectivity index (χ0) is 22.3. The van der Waals surface area contributed by atoms with Crippen molar-refractivity contribution >= 4 is 22.5 Å². The lowest BCUT2D eigenvalue weighted by Gasteiger charge is -2.21. The Morgan fingerprint density at radius 1 is 1.00 bits per heavy atom. The quantitative estimate of drug-likeness (QED) is 0.298. The lowest BCUT2D eigenvalue weighted by atomic mass is 9.85. The molecule has 1 N–H and O–H groups in total. The van der Waals surface area contributed by atoms with E-state index in [4.69, 9.17) is 11.6 Å². The van der Waals surface area contributed by atoms with E-state index in [9.17, 15) is 22.7 Å². The number of fused-ring (bicyclic) bond motifs is 1. The fourth-order valence-corrected chi connectivity index (χ4v) is 3.71. The first-order chi connectivity index (χ1) is 14.8. The van der Waals surface area contributed by atoms with Crippen LogP contribution in [0.5, 0.6) is 5.75 Å². The third kappa shape index (κ3) is 3.81. The highest BCUT2D eigenvalue weighted by molar-refractivity contribution is 6.31. The van der Waals surface area contributed by atoms with Crippen LogP contribution in [0, 0.1) is 30.2 Å². The molecule has 0 aliphatic rings. The Hall–Kier alpha value is -3.19. The zero-order valence-electron chi connectivity index (χ0n) is 16.1. The zero-order valence-corrected chi connectivity index (χ0v) is 16.9. The van der Waals surface area contributed by atoms with E-state index in [0.717, 1.165) is 0 Å². The second-order valence-electron chi connectivity index (χ2n) is 7.14. The van der Waals surface area contributed by atoms with Gasteiger partial charge in [-0.2, -0.15) is 0 Å². The van der Waals surface area contributed by atoms with Crippen molar-refractivity contribution in [1.82, 2.24) is 9.97 Å². The molecule has 0 saturated heterocycles. The van der Waals surface area contributed by atoms with Gasteiger partial charge in [0.1, 0.15) is 11.3 Å². The minimum Gasteiger partial charge on any atom is -0.505 e. The number of benzene rings is 2. The van der Waals surface area contributed by atoms with E-state index in [0.29, 0.717) is 21.7 Å². The van der Waals surface area contributed by atoms with Gasteiger partial charge in [0.2, 0.25) is 0 Å². The van der Waals surface area contributed by atoms with Crippen molar-refractivity contribution < 1.29 is 22.7 Å². The van der Waals surface area contributed by atoms with Crippen molar-refractivity contribution in [2.24, 2.45) is 0 Å². The number of rotatable bonds is 4. The van der Waals surface area contributed by atoms with Crippen LogP contribution in [0.25, 0.3) is 10.9 Å². The monoisotopic (exact) mass is 446 g/mol. The summed E-state index contributed by atoms with van der Waals surface area (Å²) in [4.78, 5) is 8.28. The molecule has 0 aliphatic heterocycles. The second kappa shape index (κ2) is 8.15. The minimum absolute atomic E-state index is 0.0587. The van der Waals surface area contributed by atoms with E-state index in [1.807, 2.05) is 0 Å². The molecule has 158 valence electrons. The van der Waals surface area contributed by atoms with Crippen LogP contribution in [-0.2, 0) is 6.42 Å². The largest absolute Gasteiger partial charge is 0.505 e. The maximum atomic E-state index is 14.7. The van der Waals surface area contributed by atoms with Crippen LogP contribution in [-0.4, -0.2) is 15.1 Å². The molecule has 31 heavy (non-hydrogen) atoms. The number of aromatic nitrogens is 2. The van der Waals surface area contributed by atoms with Gasteiger partial charge in [0, 0.05) is 53.0 Å². The van der Waals surface area contributed by atoms with Gasteiger partial charge >= 0.3 is 0 Å². The highest BCUT2D eigenvalue weighted by atomic mass is 35.5. The van der Waals surface area contributed by atoms with Crippen LogP contribution in [0.2, 0.25) is 5.02 Å². The first-order valence-corrected chi connectivity index (χ1v) is 9.66. The van der Waals surface area contributed by atoms with Gasteiger partial charge in [-0.15, -0.1) is 0 Å². The first kappa shape index (κ1) is 21.1. The molecule has 0 fully saturated rings. The number of pyridine rings is 2. The van der Waals surface area contributed by atoms with E-state index in [1.165, 1.54) is 18.5 Å². The van der Waals surface area contributed by atoms with Crippen LogP contribution in [0.15, 0.2) is 48.8 Å². The molecule has 4 rings (SSSR count). The molecule has 2 heterocycles. The highest BCUT2D eigenvalue weighted by Crippen LogP contribution is 2.40. The van der Waals surface area contributed by atoms with Crippen molar-refractivity contribution in [3.8, 4) is 5.75 Å². The molecule has 0 amide bonds. The molecule has 0 bridgehead atoms. The number of hydrogen-bond acceptors (Lipinski definition) is 3. The van der Waals surface area contributed by atoms with Gasteiger partial charge in [0.25, 0.3) is 0 Å². The Labute approximate surface area is 180 Å². The number of aromatic hydroxyl groups is 1. The second-order valence-corrected chi connectivity index (χ2v) is 7.55. The topological polar surface area (TPSA) is 46.0 Å². The molecule has 8 heteroatoms.